The zero-order chi connectivity index (χ0) is 18.4. The van der Waals surface area contributed by atoms with Crippen LogP contribution in [-0.2, 0) is 9.59 Å². The molecule has 0 radical (unpaired) electrons. The molecule has 27 heavy (non-hydrogen) atoms. The second kappa shape index (κ2) is 6.08. The molecule has 2 saturated heterocycles. The highest BCUT2D eigenvalue weighted by atomic mass is 16.2. The first-order valence-electron chi connectivity index (χ1n) is 8.93. The Balaban J connectivity index is 1.48. The monoisotopic (exact) mass is 362 g/mol. The van der Waals surface area contributed by atoms with Gasteiger partial charge in [-0.25, -0.2) is 4.98 Å². The highest BCUT2D eigenvalue weighted by molar-refractivity contribution is 5.95. The minimum absolute atomic E-state index is 0.0266. The lowest BCUT2D eigenvalue weighted by molar-refractivity contribution is -0.143. The molecule has 2 amide bonds. The molecule has 4 heterocycles. The molecule has 3 aromatic rings. The van der Waals surface area contributed by atoms with Gasteiger partial charge >= 0.3 is 0 Å². The van der Waals surface area contributed by atoms with Crippen molar-refractivity contribution in [1.82, 2.24) is 24.8 Å². The second-order valence-electron chi connectivity index (χ2n) is 6.85. The van der Waals surface area contributed by atoms with Gasteiger partial charge in [-0.05, 0) is 6.42 Å². The molecular weight excluding hydrogens is 344 g/mol. The highest BCUT2D eigenvalue weighted by Gasteiger charge is 2.42. The maximum atomic E-state index is 12.1. The zero-order valence-corrected chi connectivity index (χ0v) is 14.5. The minimum Gasteiger partial charge on any atom is -0.365 e. The molecule has 2 aliphatic rings. The maximum absolute atomic E-state index is 12.1. The van der Waals surface area contributed by atoms with E-state index < -0.39 is 6.04 Å². The molecule has 8 nitrogen and oxygen atoms in total. The average Bonchev–Trinajstić information content (AvgIpc) is 3.33. The Bertz CT molecular complexity index is 1010. The summed E-state index contributed by atoms with van der Waals surface area (Å²) in [6.45, 7) is 0.585. The Labute approximate surface area is 155 Å². The maximum Gasteiger partial charge on any atom is 0.243 e. The highest BCUT2D eigenvalue weighted by Crippen LogP contribution is 2.26. The summed E-state index contributed by atoms with van der Waals surface area (Å²) in [5.41, 5.74) is 2.60. The van der Waals surface area contributed by atoms with Crippen molar-refractivity contribution in [2.75, 3.05) is 18.4 Å². The van der Waals surface area contributed by atoms with Crippen LogP contribution in [0.15, 0.2) is 48.7 Å². The van der Waals surface area contributed by atoms with Gasteiger partial charge in [0.1, 0.15) is 11.9 Å². The van der Waals surface area contributed by atoms with Crippen LogP contribution in [0.25, 0.3) is 16.9 Å². The summed E-state index contributed by atoms with van der Waals surface area (Å²) in [6.07, 6.45) is 2.28. The molecule has 136 valence electrons. The molecule has 2 unspecified atom stereocenters. The number of anilines is 1. The average molecular weight is 362 g/mol. The fraction of sp³-hybridized carbons (Fsp3) is 0.263. The summed E-state index contributed by atoms with van der Waals surface area (Å²) >= 11 is 0. The van der Waals surface area contributed by atoms with Crippen molar-refractivity contribution in [2.24, 2.45) is 0 Å². The number of hydrogen-bond donors (Lipinski definition) is 2. The predicted molar refractivity (Wildman–Crippen MR) is 99.0 cm³/mol. The summed E-state index contributed by atoms with van der Waals surface area (Å²) in [6, 6.07) is 13.3. The summed E-state index contributed by atoms with van der Waals surface area (Å²) in [5, 5.41) is 10.5. The van der Waals surface area contributed by atoms with Crippen LogP contribution in [0.4, 0.5) is 5.82 Å². The van der Waals surface area contributed by atoms with E-state index in [4.69, 9.17) is 0 Å². The summed E-state index contributed by atoms with van der Waals surface area (Å²) in [7, 11) is 0. The molecule has 2 atom stereocenters. The number of fused-ring (bicyclic) bond motifs is 2. The van der Waals surface area contributed by atoms with Crippen LogP contribution in [0.2, 0.25) is 0 Å². The van der Waals surface area contributed by atoms with E-state index in [1.165, 1.54) is 0 Å². The summed E-state index contributed by atoms with van der Waals surface area (Å²) in [5.74, 6) is 0.678. The number of rotatable bonds is 3. The van der Waals surface area contributed by atoms with E-state index in [1.54, 1.807) is 15.6 Å². The molecule has 1 aromatic carbocycles. The van der Waals surface area contributed by atoms with Crippen LogP contribution >= 0.6 is 0 Å². The van der Waals surface area contributed by atoms with Gasteiger partial charge in [-0.1, -0.05) is 30.3 Å². The Morgan fingerprint density at radius 1 is 1.15 bits per heavy atom. The van der Waals surface area contributed by atoms with Crippen LogP contribution in [0, 0.1) is 0 Å². The molecule has 2 N–H and O–H groups in total. The third-order valence-corrected chi connectivity index (χ3v) is 5.12. The number of nitrogens with one attached hydrogen (secondary N) is 2. The van der Waals surface area contributed by atoms with Gasteiger partial charge in [-0.2, -0.15) is 9.61 Å². The van der Waals surface area contributed by atoms with Crippen molar-refractivity contribution >= 4 is 23.3 Å². The van der Waals surface area contributed by atoms with Gasteiger partial charge in [0.2, 0.25) is 11.8 Å². The van der Waals surface area contributed by atoms with Gasteiger partial charge in [-0.3, -0.25) is 9.59 Å². The van der Waals surface area contributed by atoms with E-state index in [1.807, 2.05) is 42.5 Å². The molecule has 0 saturated carbocycles. The Morgan fingerprint density at radius 2 is 2.00 bits per heavy atom. The van der Waals surface area contributed by atoms with Crippen molar-refractivity contribution in [2.45, 2.75) is 18.5 Å². The van der Waals surface area contributed by atoms with E-state index in [-0.39, 0.29) is 24.4 Å². The van der Waals surface area contributed by atoms with Gasteiger partial charge in [0.15, 0.2) is 5.65 Å². The smallest absolute Gasteiger partial charge is 0.243 e. The topological polar surface area (TPSA) is 91.6 Å². The van der Waals surface area contributed by atoms with E-state index in [0.29, 0.717) is 13.0 Å². The molecular formula is C19H18N6O2. The lowest BCUT2D eigenvalue weighted by atomic mass is 10.1. The van der Waals surface area contributed by atoms with Gasteiger partial charge in [0, 0.05) is 30.3 Å². The normalized spacial score (nSPS) is 22.0. The van der Waals surface area contributed by atoms with E-state index in [0.717, 1.165) is 22.7 Å². The summed E-state index contributed by atoms with van der Waals surface area (Å²) < 4.78 is 1.74. The molecule has 2 fully saturated rings. The number of piperazine rings is 1. The van der Waals surface area contributed by atoms with Crippen LogP contribution in [0.1, 0.15) is 6.42 Å². The molecule has 2 aliphatic heterocycles. The SMILES string of the molecule is O=C1NCC(=O)N2CC(Nc3cc(-c4ccccc4)nc4ccnn34)CC12. The Hall–Kier alpha value is -3.42. The lowest BCUT2D eigenvalue weighted by Crippen LogP contribution is -2.55. The molecule has 8 heteroatoms. The fourth-order valence-corrected chi connectivity index (χ4v) is 3.83. The first kappa shape index (κ1) is 15.8. The molecule has 0 aliphatic carbocycles. The lowest BCUT2D eigenvalue weighted by Gasteiger charge is -2.28. The largest absolute Gasteiger partial charge is 0.365 e. The number of hydrogen-bond acceptors (Lipinski definition) is 5. The van der Waals surface area contributed by atoms with Crippen LogP contribution in [0.3, 0.4) is 0 Å². The van der Waals surface area contributed by atoms with Crippen LogP contribution in [-0.4, -0.2) is 56.5 Å². The van der Waals surface area contributed by atoms with Crippen LogP contribution < -0.4 is 10.6 Å². The van der Waals surface area contributed by atoms with Crippen molar-refractivity contribution in [3.63, 3.8) is 0 Å². The van der Waals surface area contributed by atoms with Crippen molar-refractivity contribution in [3.8, 4) is 11.3 Å². The third kappa shape index (κ3) is 2.69. The van der Waals surface area contributed by atoms with Gasteiger partial charge in [-0.15, -0.1) is 0 Å². The number of nitrogens with zero attached hydrogens (tertiary/aromatic N) is 4. The molecule has 0 spiro atoms. The van der Waals surface area contributed by atoms with Crippen molar-refractivity contribution < 1.29 is 9.59 Å². The van der Waals surface area contributed by atoms with Crippen LogP contribution in [0.5, 0.6) is 0 Å². The quantitative estimate of drug-likeness (QED) is 0.723. The first-order chi connectivity index (χ1) is 13.2. The van der Waals surface area contributed by atoms with Gasteiger partial charge in [0.05, 0.1) is 18.4 Å². The minimum atomic E-state index is -0.396. The van der Waals surface area contributed by atoms with Crippen molar-refractivity contribution in [3.05, 3.63) is 48.7 Å². The van der Waals surface area contributed by atoms with Crippen molar-refractivity contribution in [1.29, 1.82) is 0 Å². The summed E-state index contributed by atoms with van der Waals surface area (Å²) in [4.78, 5) is 30.5. The zero-order valence-electron chi connectivity index (χ0n) is 14.5. The Morgan fingerprint density at radius 3 is 2.81 bits per heavy atom. The van der Waals surface area contributed by atoms with E-state index in [9.17, 15) is 9.59 Å². The Kier molecular flexibility index (Phi) is 3.56. The van der Waals surface area contributed by atoms with Gasteiger partial charge < -0.3 is 15.5 Å². The number of benzene rings is 1. The molecule has 0 bridgehead atoms. The number of carbonyl (C=O) groups is 2. The standard InChI is InChI=1S/C19H18N6O2/c26-18-10-20-19(27)15-8-13(11-24(15)18)22-17-9-14(12-4-2-1-3-5-12)23-16-6-7-21-25(16)17/h1-7,9,13,15,22H,8,10-11H2,(H,20,27). The third-order valence-electron chi connectivity index (χ3n) is 5.12. The molecule has 5 rings (SSSR count). The number of aromatic nitrogens is 3. The first-order valence-corrected chi connectivity index (χ1v) is 8.93. The molecule has 2 aromatic heterocycles. The fourth-order valence-electron chi connectivity index (χ4n) is 3.83. The van der Waals surface area contributed by atoms with Gasteiger partial charge in [0.25, 0.3) is 0 Å². The number of carbonyl (C=O) groups excluding carboxylic acids is 2. The van der Waals surface area contributed by atoms with E-state index >= 15 is 0 Å². The second-order valence-corrected chi connectivity index (χ2v) is 6.85. The predicted octanol–water partition coefficient (Wildman–Crippen LogP) is 0.907. The number of amides is 2. The van der Waals surface area contributed by atoms with E-state index in [2.05, 4.69) is 20.7 Å².